The number of benzene rings is 1. The molecule has 2 rings (SSSR count). The highest BCUT2D eigenvalue weighted by molar-refractivity contribution is 5.83. The maximum Gasteiger partial charge on any atom is 0.219 e. The first-order valence-electron chi connectivity index (χ1n) is 6.50. The fraction of sp³-hybridized carbons (Fsp3) is 0.400. The predicted molar refractivity (Wildman–Crippen MR) is 77.5 cm³/mol. The van der Waals surface area contributed by atoms with Crippen LogP contribution >= 0.6 is 0 Å². The highest BCUT2D eigenvalue weighted by Gasteiger charge is 2.20. The van der Waals surface area contributed by atoms with Crippen molar-refractivity contribution in [3.05, 3.63) is 30.0 Å². The van der Waals surface area contributed by atoms with Gasteiger partial charge in [0.25, 0.3) is 0 Å². The SMILES string of the molecule is COc1cccc2cc(CNC(C)(C)CC(N)=O)oc12. The minimum absolute atomic E-state index is 0.274. The van der Waals surface area contributed by atoms with Gasteiger partial charge in [0.05, 0.1) is 13.7 Å². The second-order valence-corrected chi connectivity index (χ2v) is 5.47. The summed E-state index contributed by atoms with van der Waals surface area (Å²) in [6.45, 7) is 4.39. The first-order chi connectivity index (χ1) is 9.41. The molecule has 1 aromatic carbocycles. The predicted octanol–water partition coefficient (Wildman–Crippen LogP) is 2.19. The summed E-state index contributed by atoms with van der Waals surface area (Å²) in [6, 6.07) is 7.72. The Bertz CT molecular complexity index is 617. The molecule has 0 saturated carbocycles. The molecular weight excluding hydrogens is 256 g/mol. The van der Waals surface area contributed by atoms with E-state index in [1.807, 2.05) is 38.1 Å². The average Bonchev–Trinajstić information content (AvgIpc) is 2.77. The lowest BCUT2D eigenvalue weighted by atomic mass is 10.0. The molecule has 0 saturated heterocycles. The average molecular weight is 276 g/mol. The molecule has 5 heteroatoms. The van der Waals surface area contributed by atoms with Gasteiger partial charge in [0.1, 0.15) is 5.76 Å². The van der Waals surface area contributed by atoms with Crippen molar-refractivity contribution < 1.29 is 13.9 Å². The number of hydrogen-bond donors (Lipinski definition) is 2. The van der Waals surface area contributed by atoms with Crippen LogP contribution in [0.25, 0.3) is 11.0 Å². The van der Waals surface area contributed by atoms with E-state index >= 15 is 0 Å². The van der Waals surface area contributed by atoms with Crippen molar-refractivity contribution in [3.8, 4) is 5.75 Å². The van der Waals surface area contributed by atoms with Gasteiger partial charge in [-0.1, -0.05) is 12.1 Å². The summed E-state index contributed by atoms with van der Waals surface area (Å²) in [5, 5.41) is 4.26. The van der Waals surface area contributed by atoms with E-state index in [2.05, 4.69) is 5.32 Å². The van der Waals surface area contributed by atoms with Gasteiger partial charge < -0.3 is 20.2 Å². The van der Waals surface area contributed by atoms with Crippen LogP contribution in [0.1, 0.15) is 26.0 Å². The normalized spacial score (nSPS) is 11.8. The molecule has 0 bridgehead atoms. The molecule has 0 fully saturated rings. The molecule has 0 atom stereocenters. The molecule has 1 heterocycles. The van der Waals surface area contributed by atoms with Crippen LogP contribution in [0, 0.1) is 0 Å². The van der Waals surface area contributed by atoms with Gasteiger partial charge >= 0.3 is 0 Å². The molecule has 0 radical (unpaired) electrons. The van der Waals surface area contributed by atoms with Crippen LogP contribution in [0.3, 0.4) is 0 Å². The fourth-order valence-corrected chi connectivity index (χ4v) is 2.16. The summed E-state index contributed by atoms with van der Waals surface area (Å²) in [5.41, 5.74) is 5.60. The van der Waals surface area contributed by atoms with Gasteiger partial charge in [-0.15, -0.1) is 0 Å². The van der Waals surface area contributed by atoms with Crippen LogP contribution < -0.4 is 15.8 Å². The molecule has 0 spiro atoms. The Kier molecular flexibility index (Phi) is 3.99. The van der Waals surface area contributed by atoms with Crippen LogP contribution in [0.4, 0.5) is 0 Å². The molecule has 0 unspecified atom stereocenters. The Hall–Kier alpha value is -2.01. The zero-order valence-corrected chi connectivity index (χ0v) is 12.0. The molecule has 5 nitrogen and oxygen atoms in total. The first kappa shape index (κ1) is 14.4. The summed E-state index contributed by atoms with van der Waals surface area (Å²) < 4.78 is 11.1. The van der Waals surface area contributed by atoms with Gasteiger partial charge in [-0.25, -0.2) is 0 Å². The lowest BCUT2D eigenvalue weighted by molar-refractivity contribution is -0.119. The molecule has 1 aromatic heterocycles. The summed E-state index contributed by atoms with van der Waals surface area (Å²) in [4.78, 5) is 11.0. The van der Waals surface area contributed by atoms with Crippen LogP contribution in [0.2, 0.25) is 0 Å². The lowest BCUT2D eigenvalue weighted by Gasteiger charge is -2.24. The van der Waals surface area contributed by atoms with Crippen molar-refractivity contribution >= 4 is 16.9 Å². The topological polar surface area (TPSA) is 77.5 Å². The standard InChI is InChI=1S/C15H20N2O3/c1-15(2,8-13(16)18)17-9-11-7-10-5-4-6-12(19-3)14(10)20-11/h4-7,17H,8-9H2,1-3H3,(H2,16,18). The van der Waals surface area contributed by atoms with Crippen LogP contribution in [-0.4, -0.2) is 18.6 Å². The van der Waals surface area contributed by atoms with Gasteiger partial charge in [0.2, 0.25) is 5.91 Å². The Morgan fingerprint density at radius 2 is 2.20 bits per heavy atom. The number of hydrogen-bond acceptors (Lipinski definition) is 4. The molecule has 0 aliphatic rings. The Morgan fingerprint density at radius 1 is 1.45 bits per heavy atom. The minimum Gasteiger partial charge on any atom is -0.493 e. The van der Waals surface area contributed by atoms with Crippen molar-refractivity contribution in [2.45, 2.75) is 32.4 Å². The van der Waals surface area contributed by atoms with Gasteiger partial charge in [-0.05, 0) is 26.0 Å². The Labute approximate surface area is 118 Å². The van der Waals surface area contributed by atoms with Gasteiger partial charge in [0.15, 0.2) is 11.3 Å². The maximum absolute atomic E-state index is 11.0. The smallest absolute Gasteiger partial charge is 0.219 e. The number of fused-ring (bicyclic) bond motifs is 1. The van der Waals surface area contributed by atoms with Gasteiger partial charge in [-0.2, -0.15) is 0 Å². The zero-order chi connectivity index (χ0) is 14.8. The molecule has 3 N–H and O–H groups in total. The molecule has 20 heavy (non-hydrogen) atoms. The molecule has 0 aliphatic carbocycles. The summed E-state index contributed by atoms with van der Waals surface area (Å²) in [6.07, 6.45) is 0.274. The monoisotopic (exact) mass is 276 g/mol. The number of nitrogens with two attached hydrogens (primary N) is 1. The van der Waals surface area contributed by atoms with E-state index in [0.29, 0.717) is 12.3 Å². The lowest BCUT2D eigenvalue weighted by Crippen LogP contribution is -2.42. The maximum atomic E-state index is 11.0. The molecule has 108 valence electrons. The summed E-state index contributed by atoms with van der Waals surface area (Å²) in [7, 11) is 1.62. The van der Waals surface area contributed by atoms with Crippen LogP contribution in [0.5, 0.6) is 5.75 Å². The van der Waals surface area contributed by atoms with Crippen molar-refractivity contribution in [2.24, 2.45) is 5.73 Å². The van der Waals surface area contributed by atoms with E-state index in [1.54, 1.807) is 7.11 Å². The third kappa shape index (κ3) is 3.30. The first-order valence-corrected chi connectivity index (χ1v) is 6.50. The minimum atomic E-state index is -0.366. The highest BCUT2D eigenvalue weighted by Crippen LogP contribution is 2.28. The molecule has 1 amide bonds. The van der Waals surface area contributed by atoms with E-state index in [-0.39, 0.29) is 17.9 Å². The Balaban J connectivity index is 2.13. The Morgan fingerprint density at radius 3 is 2.85 bits per heavy atom. The van der Waals surface area contributed by atoms with E-state index in [1.165, 1.54) is 0 Å². The third-order valence-electron chi connectivity index (χ3n) is 3.14. The number of primary amides is 1. The number of carbonyl (C=O) groups excluding carboxylic acids is 1. The number of para-hydroxylation sites is 1. The number of furan rings is 1. The number of rotatable bonds is 6. The summed E-state index contributed by atoms with van der Waals surface area (Å²) in [5.74, 6) is 1.18. The van der Waals surface area contributed by atoms with Crippen molar-refractivity contribution in [1.29, 1.82) is 0 Å². The fourth-order valence-electron chi connectivity index (χ4n) is 2.16. The molecular formula is C15H20N2O3. The molecule has 0 aliphatic heterocycles. The number of nitrogens with one attached hydrogen (secondary N) is 1. The zero-order valence-electron chi connectivity index (χ0n) is 12.0. The van der Waals surface area contributed by atoms with Crippen LogP contribution in [0.15, 0.2) is 28.7 Å². The largest absolute Gasteiger partial charge is 0.493 e. The number of ether oxygens (including phenoxy) is 1. The second-order valence-electron chi connectivity index (χ2n) is 5.47. The quantitative estimate of drug-likeness (QED) is 0.847. The van der Waals surface area contributed by atoms with Crippen LogP contribution in [-0.2, 0) is 11.3 Å². The summed E-state index contributed by atoms with van der Waals surface area (Å²) >= 11 is 0. The van der Waals surface area contributed by atoms with Crippen molar-refractivity contribution in [3.63, 3.8) is 0 Å². The van der Waals surface area contributed by atoms with E-state index < -0.39 is 0 Å². The number of amides is 1. The highest BCUT2D eigenvalue weighted by atomic mass is 16.5. The number of carbonyl (C=O) groups is 1. The third-order valence-corrected chi connectivity index (χ3v) is 3.14. The van der Waals surface area contributed by atoms with Crippen molar-refractivity contribution in [2.75, 3.05) is 7.11 Å². The van der Waals surface area contributed by atoms with E-state index in [4.69, 9.17) is 14.9 Å². The van der Waals surface area contributed by atoms with E-state index in [0.717, 1.165) is 16.7 Å². The van der Waals surface area contributed by atoms with E-state index in [9.17, 15) is 4.79 Å². The molecule has 2 aromatic rings. The number of methoxy groups -OCH3 is 1. The second kappa shape index (κ2) is 5.54. The van der Waals surface area contributed by atoms with Crippen molar-refractivity contribution in [1.82, 2.24) is 5.32 Å². The van der Waals surface area contributed by atoms with Gasteiger partial charge in [-0.3, -0.25) is 4.79 Å². The van der Waals surface area contributed by atoms with Gasteiger partial charge in [0, 0.05) is 17.3 Å².